The van der Waals surface area contributed by atoms with Gasteiger partial charge in [-0.05, 0) is 25.0 Å². The summed E-state index contributed by atoms with van der Waals surface area (Å²) in [7, 11) is 3.83. The standard InChI is InChI=1S/C16H21N3O/c1-19(12-6-4-3-5-7-12)16-14-9-8-13(20-2)10-15(14)17-11-18-16/h8-12H,3-7H2,1-2H3. The Bertz CT molecular complexity index is 593. The van der Waals surface area contributed by atoms with Gasteiger partial charge in [-0.25, -0.2) is 9.97 Å². The van der Waals surface area contributed by atoms with Crippen molar-refractivity contribution in [1.29, 1.82) is 0 Å². The summed E-state index contributed by atoms with van der Waals surface area (Å²) in [6, 6.07) is 6.60. The Morgan fingerprint density at radius 3 is 2.70 bits per heavy atom. The first-order chi connectivity index (χ1) is 9.79. The third kappa shape index (κ3) is 2.42. The second kappa shape index (κ2) is 5.65. The van der Waals surface area contributed by atoms with Crippen LogP contribution in [-0.4, -0.2) is 30.2 Å². The van der Waals surface area contributed by atoms with Crippen LogP contribution in [0.15, 0.2) is 24.5 Å². The van der Waals surface area contributed by atoms with Crippen molar-refractivity contribution in [2.75, 3.05) is 19.1 Å². The van der Waals surface area contributed by atoms with Crippen LogP contribution in [0.1, 0.15) is 32.1 Å². The van der Waals surface area contributed by atoms with Crippen LogP contribution in [0.2, 0.25) is 0 Å². The van der Waals surface area contributed by atoms with Crippen molar-refractivity contribution in [1.82, 2.24) is 9.97 Å². The molecule has 0 atom stereocenters. The molecule has 1 aromatic heterocycles. The van der Waals surface area contributed by atoms with Crippen LogP contribution in [-0.2, 0) is 0 Å². The van der Waals surface area contributed by atoms with E-state index in [2.05, 4.69) is 28.0 Å². The minimum atomic E-state index is 0.601. The zero-order valence-electron chi connectivity index (χ0n) is 12.2. The van der Waals surface area contributed by atoms with Crippen LogP contribution in [0.4, 0.5) is 5.82 Å². The smallest absolute Gasteiger partial charge is 0.139 e. The van der Waals surface area contributed by atoms with Crippen molar-refractivity contribution >= 4 is 16.7 Å². The highest BCUT2D eigenvalue weighted by Gasteiger charge is 2.20. The van der Waals surface area contributed by atoms with E-state index in [1.807, 2.05) is 12.1 Å². The van der Waals surface area contributed by atoms with E-state index in [4.69, 9.17) is 4.74 Å². The molecule has 1 aliphatic rings. The lowest BCUT2D eigenvalue weighted by Crippen LogP contribution is -2.34. The number of benzene rings is 1. The van der Waals surface area contributed by atoms with Gasteiger partial charge >= 0.3 is 0 Å². The average molecular weight is 271 g/mol. The summed E-state index contributed by atoms with van der Waals surface area (Å²) >= 11 is 0. The first kappa shape index (κ1) is 13.2. The fourth-order valence-electron chi connectivity index (χ4n) is 3.07. The third-order valence-electron chi connectivity index (χ3n) is 4.28. The number of ether oxygens (including phenoxy) is 1. The topological polar surface area (TPSA) is 38.2 Å². The largest absolute Gasteiger partial charge is 0.497 e. The number of rotatable bonds is 3. The monoisotopic (exact) mass is 271 g/mol. The third-order valence-corrected chi connectivity index (χ3v) is 4.28. The molecule has 0 saturated heterocycles. The molecule has 1 aromatic carbocycles. The van der Waals surface area contributed by atoms with E-state index in [9.17, 15) is 0 Å². The van der Waals surface area contributed by atoms with Gasteiger partial charge in [0.1, 0.15) is 17.9 Å². The fourth-order valence-corrected chi connectivity index (χ4v) is 3.07. The highest BCUT2D eigenvalue weighted by Crippen LogP contribution is 2.30. The van der Waals surface area contributed by atoms with Crippen molar-refractivity contribution in [3.05, 3.63) is 24.5 Å². The molecule has 0 spiro atoms. The molecule has 1 aliphatic carbocycles. The second-order valence-corrected chi connectivity index (χ2v) is 5.48. The highest BCUT2D eigenvalue weighted by atomic mass is 16.5. The van der Waals surface area contributed by atoms with E-state index < -0.39 is 0 Å². The Morgan fingerprint density at radius 2 is 1.95 bits per heavy atom. The molecule has 0 N–H and O–H groups in total. The van der Waals surface area contributed by atoms with Crippen LogP contribution in [0, 0.1) is 0 Å². The van der Waals surface area contributed by atoms with Gasteiger partial charge in [0.15, 0.2) is 0 Å². The normalized spacial score (nSPS) is 16.3. The van der Waals surface area contributed by atoms with Crippen molar-refractivity contribution in [2.45, 2.75) is 38.1 Å². The van der Waals surface area contributed by atoms with Gasteiger partial charge in [0.05, 0.1) is 12.6 Å². The van der Waals surface area contributed by atoms with Crippen LogP contribution < -0.4 is 9.64 Å². The van der Waals surface area contributed by atoms with E-state index in [1.54, 1.807) is 13.4 Å². The molecule has 0 aliphatic heterocycles. The van der Waals surface area contributed by atoms with Gasteiger partial charge in [-0.1, -0.05) is 19.3 Å². The molecular formula is C16H21N3O. The van der Waals surface area contributed by atoms with Gasteiger partial charge in [0.2, 0.25) is 0 Å². The van der Waals surface area contributed by atoms with Crippen LogP contribution in [0.25, 0.3) is 10.9 Å². The number of nitrogens with zero attached hydrogens (tertiary/aromatic N) is 3. The molecule has 2 aromatic rings. The fraction of sp³-hybridized carbons (Fsp3) is 0.500. The maximum atomic E-state index is 5.26. The lowest BCUT2D eigenvalue weighted by Gasteiger charge is -2.32. The van der Waals surface area contributed by atoms with Crippen LogP contribution in [0.5, 0.6) is 5.75 Å². The van der Waals surface area contributed by atoms with E-state index in [1.165, 1.54) is 32.1 Å². The number of anilines is 1. The predicted molar refractivity (Wildman–Crippen MR) is 81.4 cm³/mol. The Balaban J connectivity index is 1.97. The van der Waals surface area contributed by atoms with Gasteiger partial charge in [-0.3, -0.25) is 0 Å². The van der Waals surface area contributed by atoms with Gasteiger partial charge in [-0.15, -0.1) is 0 Å². The maximum absolute atomic E-state index is 5.26. The van der Waals surface area contributed by atoms with Crippen molar-refractivity contribution < 1.29 is 4.74 Å². The van der Waals surface area contributed by atoms with E-state index in [0.29, 0.717) is 6.04 Å². The van der Waals surface area contributed by atoms with Gasteiger partial charge in [-0.2, -0.15) is 0 Å². The molecule has 0 amide bonds. The minimum Gasteiger partial charge on any atom is -0.497 e. The van der Waals surface area contributed by atoms with Crippen LogP contribution in [0.3, 0.4) is 0 Å². The molecule has 1 saturated carbocycles. The van der Waals surface area contributed by atoms with Crippen molar-refractivity contribution in [3.63, 3.8) is 0 Å². The lowest BCUT2D eigenvalue weighted by molar-refractivity contribution is 0.415. The Hall–Kier alpha value is -1.84. The number of methoxy groups -OCH3 is 1. The molecule has 1 heterocycles. The summed E-state index contributed by atoms with van der Waals surface area (Å²) in [6.45, 7) is 0. The molecule has 0 unspecified atom stereocenters. The highest BCUT2D eigenvalue weighted by molar-refractivity contribution is 5.90. The van der Waals surface area contributed by atoms with Crippen LogP contribution >= 0.6 is 0 Å². The molecule has 1 fully saturated rings. The maximum Gasteiger partial charge on any atom is 0.139 e. The van der Waals surface area contributed by atoms with E-state index in [-0.39, 0.29) is 0 Å². The van der Waals surface area contributed by atoms with E-state index >= 15 is 0 Å². The SMILES string of the molecule is COc1ccc2c(N(C)C3CCCCC3)ncnc2c1. The average Bonchev–Trinajstić information content (AvgIpc) is 2.54. The molecule has 3 rings (SSSR count). The quantitative estimate of drug-likeness (QED) is 0.857. The first-order valence-corrected chi connectivity index (χ1v) is 7.31. The Morgan fingerprint density at radius 1 is 1.15 bits per heavy atom. The molecule has 20 heavy (non-hydrogen) atoms. The Kier molecular flexibility index (Phi) is 3.72. The van der Waals surface area contributed by atoms with E-state index in [0.717, 1.165) is 22.5 Å². The van der Waals surface area contributed by atoms with Gasteiger partial charge in [0, 0.05) is 24.5 Å². The lowest BCUT2D eigenvalue weighted by atomic mass is 9.94. The summed E-state index contributed by atoms with van der Waals surface area (Å²) < 4.78 is 5.26. The molecule has 0 radical (unpaired) electrons. The van der Waals surface area contributed by atoms with Crippen molar-refractivity contribution in [3.8, 4) is 5.75 Å². The molecule has 4 heteroatoms. The summed E-state index contributed by atoms with van der Waals surface area (Å²) in [5.74, 6) is 1.87. The molecule has 106 valence electrons. The summed E-state index contributed by atoms with van der Waals surface area (Å²) in [5.41, 5.74) is 0.942. The first-order valence-electron chi connectivity index (χ1n) is 7.31. The number of aromatic nitrogens is 2. The number of fused-ring (bicyclic) bond motifs is 1. The summed E-state index contributed by atoms with van der Waals surface area (Å²) in [4.78, 5) is 11.2. The van der Waals surface area contributed by atoms with Gasteiger partial charge in [0.25, 0.3) is 0 Å². The minimum absolute atomic E-state index is 0.601. The number of hydrogen-bond acceptors (Lipinski definition) is 4. The molecule has 4 nitrogen and oxygen atoms in total. The summed E-state index contributed by atoms with van der Waals surface area (Å²) in [5, 5.41) is 1.10. The number of hydrogen-bond donors (Lipinski definition) is 0. The van der Waals surface area contributed by atoms with Gasteiger partial charge < -0.3 is 9.64 Å². The zero-order chi connectivity index (χ0) is 13.9. The molecule has 0 bridgehead atoms. The predicted octanol–water partition coefficient (Wildman–Crippen LogP) is 3.41. The summed E-state index contributed by atoms with van der Waals surface area (Å²) in [6.07, 6.45) is 8.19. The molecular weight excluding hydrogens is 250 g/mol. The zero-order valence-corrected chi connectivity index (χ0v) is 12.2. The second-order valence-electron chi connectivity index (χ2n) is 5.48. The van der Waals surface area contributed by atoms with Crippen molar-refractivity contribution in [2.24, 2.45) is 0 Å². The Labute approximate surface area is 119 Å².